The van der Waals surface area contributed by atoms with E-state index >= 15 is 0 Å². The Balaban J connectivity index is 0.00000144. The van der Waals surface area contributed by atoms with Crippen molar-refractivity contribution < 1.29 is 0 Å². The molecule has 18 heavy (non-hydrogen) atoms. The Hall–Kier alpha value is -1.03. The Labute approximate surface area is 120 Å². The second kappa shape index (κ2) is 8.14. The van der Waals surface area contributed by atoms with Gasteiger partial charge in [0.05, 0.1) is 0 Å². The predicted molar refractivity (Wildman–Crippen MR) is 80.4 cm³/mol. The smallest absolute Gasteiger partial charge is 0.139 e. The molecule has 1 unspecified atom stereocenters. The Morgan fingerprint density at radius 1 is 1.22 bits per heavy atom. The standard InChI is InChI=1S/C13H17N3.2ClH/c1-11(14)7-9-16-10-8-15-13(16)12-5-3-2-4-6-12;;/h2-6,8,10-11H,7,9,14H2,1H3;2*1H. The van der Waals surface area contributed by atoms with Crippen LogP contribution in [-0.2, 0) is 6.54 Å². The van der Waals surface area contributed by atoms with Gasteiger partial charge in [0.15, 0.2) is 0 Å². The number of hydrogen-bond donors (Lipinski definition) is 1. The lowest BCUT2D eigenvalue weighted by molar-refractivity contribution is 0.574. The molecule has 0 saturated carbocycles. The van der Waals surface area contributed by atoms with Crippen molar-refractivity contribution in [2.24, 2.45) is 5.73 Å². The van der Waals surface area contributed by atoms with Crippen LogP contribution in [0.3, 0.4) is 0 Å². The van der Waals surface area contributed by atoms with E-state index in [1.165, 1.54) is 0 Å². The summed E-state index contributed by atoms with van der Waals surface area (Å²) in [5.41, 5.74) is 6.91. The van der Waals surface area contributed by atoms with Crippen molar-refractivity contribution >= 4 is 24.8 Å². The van der Waals surface area contributed by atoms with Crippen LogP contribution in [0.25, 0.3) is 11.4 Å². The molecule has 3 nitrogen and oxygen atoms in total. The average molecular weight is 288 g/mol. The number of aryl methyl sites for hydroxylation is 1. The quantitative estimate of drug-likeness (QED) is 0.939. The zero-order valence-electron chi connectivity index (χ0n) is 10.3. The van der Waals surface area contributed by atoms with Crippen LogP contribution in [-0.4, -0.2) is 15.6 Å². The summed E-state index contributed by atoms with van der Waals surface area (Å²) in [5.74, 6) is 1.02. The molecule has 0 spiro atoms. The van der Waals surface area contributed by atoms with Gasteiger partial charge in [-0.1, -0.05) is 30.3 Å². The maximum atomic E-state index is 5.76. The molecule has 100 valence electrons. The highest BCUT2D eigenvalue weighted by molar-refractivity contribution is 5.85. The van der Waals surface area contributed by atoms with Gasteiger partial charge in [0.25, 0.3) is 0 Å². The first-order chi connectivity index (χ1) is 7.77. The lowest BCUT2D eigenvalue weighted by Gasteiger charge is -2.09. The van der Waals surface area contributed by atoms with Crippen LogP contribution in [0.1, 0.15) is 13.3 Å². The molecule has 1 atom stereocenters. The molecule has 1 aromatic carbocycles. The molecule has 0 aliphatic heterocycles. The average Bonchev–Trinajstić information content (AvgIpc) is 2.75. The summed E-state index contributed by atoms with van der Waals surface area (Å²) in [5, 5.41) is 0. The fourth-order valence-electron chi connectivity index (χ4n) is 1.68. The summed E-state index contributed by atoms with van der Waals surface area (Å²) in [6.07, 6.45) is 4.81. The third-order valence-corrected chi connectivity index (χ3v) is 2.57. The minimum Gasteiger partial charge on any atom is -0.331 e. The first kappa shape index (κ1) is 17.0. The topological polar surface area (TPSA) is 43.8 Å². The summed E-state index contributed by atoms with van der Waals surface area (Å²) in [4.78, 5) is 4.39. The van der Waals surface area contributed by atoms with Gasteiger partial charge in [0.1, 0.15) is 5.82 Å². The van der Waals surface area contributed by atoms with Gasteiger partial charge in [-0.15, -0.1) is 24.8 Å². The normalized spacial score (nSPS) is 11.2. The lowest BCUT2D eigenvalue weighted by Crippen LogP contribution is -2.17. The van der Waals surface area contributed by atoms with E-state index in [-0.39, 0.29) is 30.9 Å². The molecule has 0 radical (unpaired) electrons. The third-order valence-electron chi connectivity index (χ3n) is 2.57. The Bertz CT molecular complexity index is 441. The molecular formula is C13H19Cl2N3. The SMILES string of the molecule is CC(N)CCn1ccnc1-c1ccccc1.Cl.Cl. The van der Waals surface area contributed by atoms with Gasteiger partial charge in [-0.25, -0.2) is 4.98 Å². The molecule has 0 fully saturated rings. The molecular weight excluding hydrogens is 269 g/mol. The van der Waals surface area contributed by atoms with Crippen LogP contribution in [0.2, 0.25) is 0 Å². The molecule has 0 bridgehead atoms. The van der Waals surface area contributed by atoms with Gasteiger partial charge in [-0.05, 0) is 13.3 Å². The van der Waals surface area contributed by atoms with Gasteiger partial charge in [0, 0.05) is 30.5 Å². The molecule has 0 saturated heterocycles. The van der Waals surface area contributed by atoms with Crippen LogP contribution in [0, 0.1) is 0 Å². The zero-order valence-corrected chi connectivity index (χ0v) is 12.0. The highest BCUT2D eigenvalue weighted by atomic mass is 35.5. The van der Waals surface area contributed by atoms with E-state index < -0.39 is 0 Å². The number of halogens is 2. The number of imidazole rings is 1. The molecule has 0 aliphatic rings. The van der Waals surface area contributed by atoms with Crippen LogP contribution in [0.5, 0.6) is 0 Å². The number of nitrogens with two attached hydrogens (primary N) is 1. The molecule has 2 rings (SSSR count). The first-order valence-corrected chi connectivity index (χ1v) is 5.59. The van der Waals surface area contributed by atoms with E-state index in [4.69, 9.17) is 5.73 Å². The zero-order chi connectivity index (χ0) is 11.4. The van der Waals surface area contributed by atoms with Crippen molar-refractivity contribution in [3.8, 4) is 11.4 Å². The lowest BCUT2D eigenvalue weighted by atomic mass is 10.2. The van der Waals surface area contributed by atoms with Gasteiger partial charge in [-0.2, -0.15) is 0 Å². The molecule has 2 N–H and O–H groups in total. The van der Waals surface area contributed by atoms with E-state index in [1.807, 2.05) is 37.5 Å². The summed E-state index contributed by atoms with van der Waals surface area (Å²) in [7, 11) is 0. The van der Waals surface area contributed by atoms with E-state index in [9.17, 15) is 0 Å². The number of rotatable bonds is 4. The van der Waals surface area contributed by atoms with Crippen molar-refractivity contribution in [2.75, 3.05) is 0 Å². The van der Waals surface area contributed by atoms with E-state index in [2.05, 4.69) is 21.7 Å². The van der Waals surface area contributed by atoms with Crippen molar-refractivity contribution in [2.45, 2.75) is 25.9 Å². The molecule has 1 heterocycles. The van der Waals surface area contributed by atoms with E-state index in [0.717, 1.165) is 24.4 Å². The monoisotopic (exact) mass is 287 g/mol. The molecule has 1 aromatic heterocycles. The number of aromatic nitrogens is 2. The minimum absolute atomic E-state index is 0. The van der Waals surface area contributed by atoms with Crippen molar-refractivity contribution in [3.05, 3.63) is 42.7 Å². The molecule has 0 amide bonds. The van der Waals surface area contributed by atoms with Crippen LogP contribution in [0.4, 0.5) is 0 Å². The van der Waals surface area contributed by atoms with Crippen molar-refractivity contribution in [1.82, 2.24) is 9.55 Å². The fourth-order valence-corrected chi connectivity index (χ4v) is 1.68. The first-order valence-electron chi connectivity index (χ1n) is 5.59. The molecule has 5 heteroatoms. The van der Waals surface area contributed by atoms with Gasteiger partial charge < -0.3 is 10.3 Å². The van der Waals surface area contributed by atoms with Crippen molar-refractivity contribution in [1.29, 1.82) is 0 Å². The third kappa shape index (κ3) is 4.33. The summed E-state index contributed by atoms with van der Waals surface area (Å²) in [6.45, 7) is 2.95. The van der Waals surface area contributed by atoms with Gasteiger partial charge >= 0.3 is 0 Å². The summed E-state index contributed by atoms with van der Waals surface area (Å²) >= 11 is 0. The molecule has 0 aliphatic carbocycles. The number of benzene rings is 1. The Morgan fingerprint density at radius 3 is 2.50 bits per heavy atom. The fraction of sp³-hybridized carbons (Fsp3) is 0.308. The maximum absolute atomic E-state index is 5.76. The van der Waals surface area contributed by atoms with E-state index in [1.54, 1.807) is 0 Å². The van der Waals surface area contributed by atoms with Crippen LogP contribution in [0.15, 0.2) is 42.7 Å². The minimum atomic E-state index is 0. The number of nitrogens with zero attached hydrogens (tertiary/aromatic N) is 2. The predicted octanol–water partition coefficient (Wildman–Crippen LogP) is 3.13. The van der Waals surface area contributed by atoms with E-state index in [0.29, 0.717) is 0 Å². The highest BCUT2D eigenvalue weighted by Crippen LogP contribution is 2.16. The van der Waals surface area contributed by atoms with Crippen molar-refractivity contribution in [3.63, 3.8) is 0 Å². The van der Waals surface area contributed by atoms with Crippen LogP contribution < -0.4 is 5.73 Å². The molecule has 2 aromatic rings. The Kier molecular flexibility index (Phi) is 7.67. The summed E-state index contributed by atoms with van der Waals surface area (Å²) in [6, 6.07) is 10.4. The van der Waals surface area contributed by atoms with Gasteiger partial charge in [0.2, 0.25) is 0 Å². The van der Waals surface area contributed by atoms with Crippen LogP contribution >= 0.6 is 24.8 Å². The summed E-state index contributed by atoms with van der Waals surface area (Å²) < 4.78 is 2.15. The maximum Gasteiger partial charge on any atom is 0.139 e. The Morgan fingerprint density at radius 2 is 1.89 bits per heavy atom. The second-order valence-electron chi connectivity index (χ2n) is 4.08. The second-order valence-corrected chi connectivity index (χ2v) is 4.08. The van der Waals surface area contributed by atoms with Gasteiger partial charge in [-0.3, -0.25) is 0 Å². The highest BCUT2D eigenvalue weighted by Gasteiger charge is 2.05. The number of hydrogen-bond acceptors (Lipinski definition) is 2. The largest absolute Gasteiger partial charge is 0.331 e.